The topological polar surface area (TPSA) is 17.1 Å². The molecule has 0 unspecified atom stereocenters. The molecule has 2 saturated carbocycles. The fourth-order valence-electron chi connectivity index (χ4n) is 3.07. The normalized spacial score (nSPS) is 54.6. The molecule has 0 N–H and O–H groups in total. The minimum atomic E-state index is -0.0486. The van der Waals surface area contributed by atoms with Crippen molar-refractivity contribution < 1.29 is 4.79 Å². The third-order valence-electron chi connectivity index (χ3n) is 4.46. The molecule has 4 atom stereocenters. The Morgan fingerprint density at radius 1 is 1.62 bits per heavy atom. The SMILES string of the molecule is C[C@]12CC[C@H]([C@H](Br)C1=O)[C@@]2(C)CI. The molecule has 13 heavy (non-hydrogen) atoms. The molecule has 0 radical (unpaired) electrons. The highest BCUT2D eigenvalue weighted by atomic mass is 127. The van der Waals surface area contributed by atoms with Crippen LogP contribution in [0.5, 0.6) is 0 Å². The Labute approximate surface area is 101 Å². The fraction of sp³-hybridized carbons (Fsp3) is 0.900. The summed E-state index contributed by atoms with van der Waals surface area (Å²) in [7, 11) is 0. The van der Waals surface area contributed by atoms with Crippen molar-refractivity contribution in [3.8, 4) is 0 Å². The number of rotatable bonds is 1. The molecule has 74 valence electrons. The first-order valence-electron chi connectivity index (χ1n) is 4.72. The molecule has 0 aromatic rings. The van der Waals surface area contributed by atoms with E-state index in [2.05, 4.69) is 52.4 Å². The van der Waals surface area contributed by atoms with Crippen LogP contribution in [-0.4, -0.2) is 15.0 Å². The van der Waals surface area contributed by atoms with Gasteiger partial charge in [0.1, 0.15) is 0 Å². The number of halogens is 2. The molecule has 2 aliphatic rings. The zero-order valence-corrected chi connectivity index (χ0v) is 11.7. The third kappa shape index (κ3) is 1.01. The zero-order chi connectivity index (χ0) is 9.85. The van der Waals surface area contributed by atoms with Crippen LogP contribution in [0.15, 0.2) is 0 Å². The van der Waals surface area contributed by atoms with Crippen LogP contribution >= 0.6 is 38.5 Å². The summed E-state index contributed by atoms with van der Waals surface area (Å²) in [6.45, 7) is 4.45. The molecule has 2 bridgehead atoms. The molecule has 2 rings (SSSR count). The lowest BCUT2D eigenvalue weighted by atomic mass is 9.70. The first-order chi connectivity index (χ1) is 5.97. The molecule has 3 heteroatoms. The smallest absolute Gasteiger partial charge is 0.153 e. The van der Waals surface area contributed by atoms with Gasteiger partial charge in [-0.3, -0.25) is 4.79 Å². The van der Waals surface area contributed by atoms with E-state index >= 15 is 0 Å². The lowest BCUT2D eigenvalue weighted by molar-refractivity contribution is -0.127. The molecule has 2 aliphatic carbocycles. The number of carbonyl (C=O) groups is 1. The maximum Gasteiger partial charge on any atom is 0.153 e. The van der Waals surface area contributed by atoms with E-state index in [-0.39, 0.29) is 15.7 Å². The van der Waals surface area contributed by atoms with Crippen LogP contribution in [0.4, 0.5) is 0 Å². The second-order valence-electron chi connectivity index (χ2n) is 4.79. The maximum atomic E-state index is 12.0. The van der Waals surface area contributed by atoms with Gasteiger partial charge in [0.25, 0.3) is 0 Å². The largest absolute Gasteiger partial charge is 0.298 e. The quantitative estimate of drug-likeness (QED) is 0.521. The number of Topliss-reactive ketones (excluding diaryl/α,β-unsaturated/α-hetero) is 1. The average molecular weight is 357 g/mol. The Balaban J connectivity index is 2.49. The highest BCUT2D eigenvalue weighted by molar-refractivity contribution is 14.1. The molecule has 0 spiro atoms. The summed E-state index contributed by atoms with van der Waals surface area (Å²) in [4.78, 5) is 12.1. The minimum Gasteiger partial charge on any atom is -0.298 e. The minimum absolute atomic E-state index is 0.0486. The van der Waals surface area contributed by atoms with Crippen molar-refractivity contribution in [3.63, 3.8) is 0 Å². The van der Waals surface area contributed by atoms with Gasteiger partial charge >= 0.3 is 0 Å². The van der Waals surface area contributed by atoms with E-state index in [1.807, 2.05) is 0 Å². The van der Waals surface area contributed by atoms with Gasteiger partial charge in [-0.2, -0.15) is 0 Å². The average Bonchev–Trinajstić information content (AvgIpc) is 2.44. The van der Waals surface area contributed by atoms with Gasteiger partial charge in [0.15, 0.2) is 5.78 Å². The van der Waals surface area contributed by atoms with Gasteiger partial charge in [-0.15, -0.1) is 0 Å². The molecule has 2 fully saturated rings. The van der Waals surface area contributed by atoms with Crippen molar-refractivity contribution in [1.29, 1.82) is 0 Å². The van der Waals surface area contributed by atoms with E-state index in [0.29, 0.717) is 11.7 Å². The number of ketones is 1. The van der Waals surface area contributed by atoms with Gasteiger partial charge < -0.3 is 0 Å². The van der Waals surface area contributed by atoms with Gasteiger partial charge in [0.2, 0.25) is 0 Å². The summed E-state index contributed by atoms with van der Waals surface area (Å²) in [6.07, 6.45) is 2.32. The Morgan fingerprint density at radius 3 is 2.54 bits per heavy atom. The van der Waals surface area contributed by atoms with Gasteiger partial charge in [-0.25, -0.2) is 0 Å². The summed E-state index contributed by atoms with van der Waals surface area (Å²) < 4.78 is 1.10. The van der Waals surface area contributed by atoms with Crippen LogP contribution in [0, 0.1) is 16.7 Å². The van der Waals surface area contributed by atoms with Crippen molar-refractivity contribution in [1.82, 2.24) is 0 Å². The van der Waals surface area contributed by atoms with E-state index in [1.165, 1.54) is 6.42 Å². The number of hydrogen-bond acceptors (Lipinski definition) is 1. The number of hydrogen-bond donors (Lipinski definition) is 0. The molecule has 0 aromatic heterocycles. The zero-order valence-electron chi connectivity index (χ0n) is 7.94. The Kier molecular flexibility index (Phi) is 2.35. The lowest BCUT2D eigenvalue weighted by Crippen LogP contribution is -2.36. The second-order valence-corrected chi connectivity index (χ2v) is 6.54. The third-order valence-corrected chi connectivity index (χ3v) is 7.10. The van der Waals surface area contributed by atoms with Gasteiger partial charge in [0.05, 0.1) is 4.83 Å². The van der Waals surface area contributed by atoms with Gasteiger partial charge in [-0.1, -0.05) is 52.4 Å². The van der Waals surface area contributed by atoms with Crippen molar-refractivity contribution in [2.75, 3.05) is 4.43 Å². The van der Waals surface area contributed by atoms with Gasteiger partial charge in [-0.05, 0) is 24.2 Å². The van der Waals surface area contributed by atoms with Crippen LogP contribution < -0.4 is 0 Å². The molecule has 0 saturated heterocycles. The predicted octanol–water partition coefficient (Wildman–Crippen LogP) is 3.19. The molecule has 0 heterocycles. The lowest BCUT2D eigenvalue weighted by Gasteiger charge is -2.34. The molecule has 0 aliphatic heterocycles. The summed E-state index contributed by atoms with van der Waals surface area (Å²) in [5.74, 6) is 1.02. The van der Waals surface area contributed by atoms with Crippen molar-refractivity contribution in [3.05, 3.63) is 0 Å². The molecule has 0 amide bonds. The van der Waals surface area contributed by atoms with Gasteiger partial charge in [0, 0.05) is 9.84 Å². The second kappa shape index (κ2) is 2.94. The summed E-state index contributed by atoms with van der Waals surface area (Å²) in [6, 6.07) is 0. The first-order valence-corrected chi connectivity index (χ1v) is 7.16. The van der Waals surface area contributed by atoms with E-state index < -0.39 is 0 Å². The number of alkyl halides is 2. The Hall–Kier alpha value is 0.880. The standard InChI is InChI=1S/C10H14BrIO/c1-9-4-3-6(7(11)8(9)13)10(9,2)5-12/h6-7H,3-5H2,1-2H3/t6-,7+,9+,10-/m1/s1. The van der Waals surface area contributed by atoms with Crippen LogP contribution in [0.25, 0.3) is 0 Å². The summed E-state index contributed by atoms with van der Waals surface area (Å²) in [5.41, 5.74) is 0.186. The molecule has 0 aromatic carbocycles. The summed E-state index contributed by atoms with van der Waals surface area (Å²) in [5, 5.41) is 0. The Morgan fingerprint density at radius 2 is 2.23 bits per heavy atom. The van der Waals surface area contributed by atoms with Crippen LogP contribution in [-0.2, 0) is 4.79 Å². The molecular formula is C10H14BrIO. The maximum absolute atomic E-state index is 12.0. The fourth-order valence-corrected chi connectivity index (χ4v) is 5.83. The monoisotopic (exact) mass is 356 g/mol. The van der Waals surface area contributed by atoms with Crippen molar-refractivity contribution >= 4 is 44.3 Å². The predicted molar refractivity (Wildman–Crippen MR) is 65.5 cm³/mol. The van der Waals surface area contributed by atoms with Crippen LogP contribution in [0.3, 0.4) is 0 Å². The highest BCUT2D eigenvalue weighted by Gasteiger charge is 2.67. The van der Waals surface area contributed by atoms with E-state index in [4.69, 9.17) is 0 Å². The van der Waals surface area contributed by atoms with Crippen molar-refractivity contribution in [2.24, 2.45) is 16.7 Å². The van der Waals surface area contributed by atoms with E-state index in [1.54, 1.807) is 0 Å². The number of fused-ring (bicyclic) bond motifs is 2. The highest BCUT2D eigenvalue weighted by Crippen LogP contribution is 2.65. The van der Waals surface area contributed by atoms with Crippen molar-refractivity contribution in [2.45, 2.75) is 31.5 Å². The summed E-state index contributed by atoms with van der Waals surface area (Å²) >= 11 is 5.99. The van der Waals surface area contributed by atoms with E-state index in [9.17, 15) is 4.79 Å². The number of carbonyl (C=O) groups excluding carboxylic acids is 1. The van der Waals surface area contributed by atoms with Crippen LogP contribution in [0.1, 0.15) is 26.7 Å². The van der Waals surface area contributed by atoms with Crippen LogP contribution in [0.2, 0.25) is 0 Å². The van der Waals surface area contributed by atoms with E-state index in [0.717, 1.165) is 10.8 Å². The molecular weight excluding hydrogens is 343 g/mol. The Bertz CT molecular complexity index is 268. The molecule has 1 nitrogen and oxygen atoms in total. The first kappa shape index (κ1) is 10.4.